The molecule has 2 N–H and O–H groups in total. The summed E-state index contributed by atoms with van der Waals surface area (Å²) in [6, 6.07) is 8.50. The first-order chi connectivity index (χ1) is 10.1. The highest BCUT2D eigenvalue weighted by molar-refractivity contribution is 5.95. The predicted octanol–water partition coefficient (Wildman–Crippen LogP) is 0.520. The van der Waals surface area contributed by atoms with Crippen molar-refractivity contribution < 1.29 is 19.5 Å². The van der Waals surface area contributed by atoms with Gasteiger partial charge in [-0.2, -0.15) is 0 Å². The number of carboxylic acid groups (broad SMARTS) is 1. The van der Waals surface area contributed by atoms with Gasteiger partial charge in [0.25, 0.3) is 0 Å². The molecule has 0 aromatic heterocycles. The summed E-state index contributed by atoms with van der Waals surface area (Å²) in [5, 5.41) is 11.5. The van der Waals surface area contributed by atoms with Crippen LogP contribution in [0, 0.1) is 0 Å². The Bertz CT molecular complexity index is 532. The summed E-state index contributed by atoms with van der Waals surface area (Å²) in [6.07, 6.45) is -0.152. The summed E-state index contributed by atoms with van der Waals surface area (Å²) in [6.45, 7) is 0.888. The maximum Gasteiger partial charge on any atom is 0.325 e. The Hall–Kier alpha value is -2.57. The first-order valence-electron chi connectivity index (χ1n) is 6.68. The predicted molar refractivity (Wildman–Crippen MR) is 76.0 cm³/mol. The average molecular weight is 291 g/mol. The third-order valence-electron chi connectivity index (χ3n) is 3.16. The number of carbonyl (C=O) groups excluding carboxylic acids is 2. The number of nitrogens with one attached hydrogen (secondary N) is 1. The third kappa shape index (κ3) is 3.95. The molecule has 0 unspecified atom stereocenters. The lowest BCUT2D eigenvalue weighted by Crippen LogP contribution is -2.54. The van der Waals surface area contributed by atoms with Gasteiger partial charge in [-0.1, -0.05) is 18.2 Å². The van der Waals surface area contributed by atoms with Gasteiger partial charge in [-0.25, -0.2) is 4.79 Å². The van der Waals surface area contributed by atoms with E-state index in [-0.39, 0.29) is 31.4 Å². The van der Waals surface area contributed by atoms with Crippen LogP contribution in [0.5, 0.6) is 0 Å². The number of rotatable bonds is 4. The minimum Gasteiger partial charge on any atom is -0.481 e. The molecule has 1 aromatic rings. The molecule has 21 heavy (non-hydrogen) atoms. The minimum absolute atomic E-state index is 0.00472. The third-order valence-corrected chi connectivity index (χ3v) is 3.16. The van der Waals surface area contributed by atoms with E-state index in [0.717, 1.165) is 0 Å². The van der Waals surface area contributed by atoms with Gasteiger partial charge in [-0.15, -0.1) is 0 Å². The molecule has 1 aromatic carbocycles. The van der Waals surface area contributed by atoms with Gasteiger partial charge in [-0.05, 0) is 12.1 Å². The van der Waals surface area contributed by atoms with E-state index in [1.807, 2.05) is 6.07 Å². The molecule has 0 saturated carbocycles. The number of carboxylic acids is 1. The Morgan fingerprint density at radius 2 is 2.00 bits per heavy atom. The molecule has 2 rings (SSSR count). The second kappa shape index (κ2) is 6.74. The van der Waals surface area contributed by atoms with Crippen LogP contribution in [0.4, 0.5) is 10.5 Å². The highest BCUT2D eigenvalue weighted by atomic mass is 16.4. The van der Waals surface area contributed by atoms with Crippen molar-refractivity contribution in [3.05, 3.63) is 30.3 Å². The number of aliphatic carboxylic acids is 1. The van der Waals surface area contributed by atoms with Crippen LogP contribution in [0.2, 0.25) is 0 Å². The number of carbonyl (C=O) groups is 3. The zero-order valence-electron chi connectivity index (χ0n) is 11.5. The van der Waals surface area contributed by atoms with Crippen molar-refractivity contribution in [1.82, 2.24) is 10.2 Å². The van der Waals surface area contributed by atoms with Crippen molar-refractivity contribution >= 4 is 23.6 Å². The summed E-state index contributed by atoms with van der Waals surface area (Å²) in [7, 11) is 0. The number of nitrogens with zero attached hydrogens (tertiary/aromatic N) is 2. The lowest BCUT2D eigenvalue weighted by molar-refractivity contribution is -0.136. The summed E-state index contributed by atoms with van der Waals surface area (Å²) in [5.74, 6) is -1.18. The number of amides is 3. The summed E-state index contributed by atoms with van der Waals surface area (Å²) in [4.78, 5) is 37.5. The van der Waals surface area contributed by atoms with Crippen LogP contribution in [-0.2, 0) is 9.59 Å². The highest BCUT2D eigenvalue weighted by Gasteiger charge is 2.26. The molecule has 112 valence electrons. The van der Waals surface area contributed by atoms with Gasteiger partial charge in [0.2, 0.25) is 5.91 Å². The molecule has 1 aliphatic rings. The molecule has 0 atom stereocenters. The van der Waals surface area contributed by atoms with Crippen molar-refractivity contribution in [2.75, 3.05) is 31.1 Å². The average Bonchev–Trinajstić information content (AvgIpc) is 2.48. The van der Waals surface area contributed by atoms with Crippen molar-refractivity contribution in [3.8, 4) is 0 Å². The van der Waals surface area contributed by atoms with Crippen LogP contribution in [0.1, 0.15) is 6.42 Å². The van der Waals surface area contributed by atoms with Gasteiger partial charge >= 0.3 is 12.0 Å². The summed E-state index contributed by atoms with van der Waals surface area (Å²) < 4.78 is 0. The Balaban J connectivity index is 2.15. The fourth-order valence-electron chi connectivity index (χ4n) is 2.12. The molecule has 3 amide bonds. The van der Waals surface area contributed by atoms with Crippen LogP contribution >= 0.6 is 0 Å². The molecule has 0 aliphatic carbocycles. The maximum absolute atomic E-state index is 12.5. The lowest BCUT2D eigenvalue weighted by atomic mass is 10.2. The van der Waals surface area contributed by atoms with Crippen LogP contribution in [0.25, 0.3) is 0 Å². The SMILES string of the molecule is O=C(O)CCN(C(=O)N1CCNC(=O)C1)c1ccccc1. The van der Waals surface area contributed by atoms with Crippen LogP contribution in [0.3, 0.4) is 0 Å². The van der Waals surface area contributed by atoms with E-state index in [0.29, 0.717) is 18.8 Å². The first kappa shape index (κ1) is 14.8. The van der Waals surface area contributed by atoms with Gasteiger partial charge in [0.1, 0.15) is 6.54 Å². The lowest BCUT2D eigenvalue weighted by Gasteiger charge is -2.32. The molecule has 1 saturated heterocycles. The molecule has 0 radical (unpaired) electrons. The van der Waals surface area contributed by atoms with Gasteiger partial charge in [0.15, 0.2) is 0 Å². The van der Waals surface area contributed by atoms with Gasteiger partial charge in [0, 0.05) is 25.3 Å². The van der Waals surface area contributed by atoms with Crippen molar-refractivity contribution in [2.45, 2.75) is 6.42 Å². The van der Waals surface area contributed by atoms with Crippen molar-refractivity contribution in [3.63, 3.8) is 0 Å². The molecular weight excluding hydrogens is 274 g/mol. The molecule has 0 bridgehead atoms. The van der Waals surface area contributed by atoms with Gasteiger partial charge < -0.3 is 15.3 Å². The van der Waals surface area contributed by atoms with E-state index in [2.05, 4.69) is 5.32 Å². The number of piperazine rings is 1. The number of anilines is 1. The van der Waals surface area contributed by atoms with Crippen molar-refractivity contribution in [1.29, 1.82) is 0 Å². The molecule has 0 spiro atoms. The number of hydrogen-bond donors (Lipinski definition) is 2. The zero-order chi connectivity index (χ0) is 15.2. The van der Waals surface area contributed by atoms with E-state index in [4.69, 9.17) is 5.11 Å². The Kier molecular flexibility index (Phi) is 4.76. The topological polar surface area (TPSA) is 89.9 Å². The Labute approximate surface area is 122 Å². The molecule has 1 aliphatic heterocycles. The van der Waals surface area contributed by atoms with Gasteiger partial charge in [0.05, 0.1) is 6.42 Å². The molecule has 7 heteroatoms. The van der Waals surface area contributed by atoms with E-state index >= 15 is 0 Å². The van der Waals surface area contributed by atoms with Crippen molar-refractivity contribution in [2.24, 2.45) is 0 Å². The molecule has 1 heterocycles. The first-order valence-corrected chi connectivity index (χ1v) is 6.68. The van der Waals surface area contributed by atoms with Crippen LogP contribution in [-0.4, -0.2) is 54.1 Å². The number of hydrogen-bond acceptors (Lipinski definition) is 3. The summed E-state index contributed by atoms with van der Waals surface area (Å²) >= 11 is 0. The number of urea groups is 1. The quantitative estimate of drug-likeness (QED) is 0.846. The second-order valence-electron chi connectivity index (χ2n) is 4.69. The van der Waals surface area contributed by atoms with E-state index in [9.17, 15) is 14.4 Å². The zero-order valence-corrected chi connectivity index (χ0v) is 11.5. The van der Waals surface area contributed by atoms with E-state index in [1.165, 1.54) is 9.80 Å². The maximum atomic E-state index is 12.5. The fourth-order valence-corrected chi connectivity index (χ4v) is 2.12. The Morgan fingerprint density at radius 1 is 1.29 bits per heavy atom. The monoisotopic (exact) mass is 291 g/mol. The fraction of sp³-hybridized carbons (Fsp3) is 0.357. The number of para-hydroxylation sites is 1. The van der Waals surface area contributed by atoms with Crippen LogP contribution in [0.15, 0.2) is 30.3 Å². The standard InChI is InChI=1S/C14H17N3O4/c18-12-10-16(9-7-15-12)14(21)17(8-6-13(19)20)11-4-2-1-3-5-11/h1-5H,6-10H2,(H,15,18)(H,19,20). The molecule has 1 fully saturated rings. The smallest absolute Gasteiger partial charge is 0.325 e. The van der Waals surface area contributed by atoms with Gasteiger partial charge in [-0.3, -0.25) is 14.5 Å². The van der Waals surface area contributed by atoms with Crippen LogP contribution < -0.4 is 10.2 Å². The molecular formula is C14H17N3O4. The Morgan fingerprint density at radius 3 is 2.62 bits per heavy atom. The van der Waals surface area contributed by atoms with E-state index in [1.54, 1.807) is 24.3 Å². The normalized spacial score (nSPS) is 14.5. The largest absolute Gasteiger partial charge is 0.481 e. The van der Waals surface area contributed by atoms with E-state index < -0.39 is 5.97 Å². The second-order valence-corrected chi connectivity index (χ2v) is 4.69. The summed E-state index contributed by atoms with van der Waals surface area (Å²) in [5.41, 5.74) is 0.620. The highest BCUT2D eigenvalue weighted by Crippen LogP contribution is 2.16. The number of benzene rings is 1. The minimum atomic E-state index is -0.972. The molecule has 7 nitrogen and oxygen atoms in total.